The number of aliphatic hydroxyl groups is 1. The summed E-state index contributed by atoms with van der Waals surface area (Å²) in [5, 5.41) is 19.9. The smallest absolute Gasteiger partial charge is 0.314 e. The number of nitrogens with zero attached hydrogens (tertiary/aromatic N) is 2. The Balaban J connectivity index is 1.65. The first kappa shape index (κ1) is 20.6. The standard InChI is InChI=1S/C21H21ClN4O3/c1-13-7-9-15(10-8-13)26-19(11-14(2)25-26)24-21(29)20(28)23-12-18(27)16-5-3-4-6-17(16)22/h3-11,18,27H,12H2,1-2H3,(H,23,28)(H,24,29)/t18-/m0/s1. The van der Waals surface area contributed by atoms with Crippen LogP contribution in [0.1, 0.15) is 22.9 Å². The molecule has 3 aromatic rings. The molecule has 0 saturated carbocycles. The highest BCUT2D eigenvalue weighted by atomic mass is 35.5. The first-order valence-corrected chi connectivity index (χ1v) is 9.38. The molecule has 7 nitrogen and oxygen atoms in total. The van der Waals surface area contributed by atoms with Crippen molar-refractivity contribution in [2.45, 2.75) is 20.0 Å². The minimum absolute atomic E-state index is 0.147. The van der Waals surface area contributed by atoms with Crippen LogP contribution in [-0.4, -0.2) is 33.2 Å². The minimum Gasteiger partial charge on any atom is -0.387 e. The van der Waals surface area contributed by atoms with Gasteiger partial charge in [-0.15, -0.1) is 0 Å². The van der Waals surface area contributed by atoms with Gasteiger partial charge in [0.2, 0.25) is 0 Å². The summed E-state index contributed by atoms with van der Waals surface area (Å²) in [6, 6.07) is 16.0. The van der Waals surface area contributed by atoms with E-state index in [0.29, 0.717) is 22.1 Å². The average Bonchev–Trinajstić information content (AvgIpc) is 3.06. The zero-order valence-corrected chi connectivity index (χ0v) is 16.8. The Hall–Kier alpha value is -3.16. The fraction of sp³-hybridized carbons (Fsp3) is 0.190. The average molecular weight is 413 g/mol. The topological polar surface area (TPSA) is 96.2 Å². The van der Waals surface area contributed by atoms with Crippen molar-refractivity contribution >= 4 is 29.2 Å². The van der Waals surface area contributed by atoms with Crippen LogP contribution < -0.4 is 10.6 Å². The van der Waals surface area contributed by atoms with E-state index < -0.39 is 17.9 Å². The molecule has 150 valence electrons. The van der Waals surface area contributed by atoms with Crippen molar-refractivity contribution in [1.29, 1.82) is 0 Å². The van der Waals surface area contributed by atoms with Crippen molar-refractivity contribution in [2.24, 2.45) is 0 Å². The molecule has 1 aromatic heterocycles. The molecule has 29 heavy (non-hydrogen) atoms. The van der Waals surface area contributed by atoms with Gasteiger partial charge in [0.05, 0.1) is 17.5 Å². The van der Waals surface area contributed by atoms with Gasteiger partial charge in [-0.2, -0.15) is 5.10 Å². The van der Waals surface area contributed by atoms with Crippen LogP contribution in [0.25, 0.3) is 5.69 Å². The summed E-state index contributed by atoms with van der Waals surface area (Å²) >= 11 is 6.03. The summed E-state index contributed by atoms with van der Waals surface area (Å²) in [5.74, 6) is -1.35. The number of aliphatic hydroxyl groups excluding tert-OH is 1. The molecule has 0 fully saturated rings. The van der Waals surface area contributed by atoms with Gasteiger partial charge in [-0.25, -0.2) is 4.68 Å². The molecule has 8 heteroatoms. The maximum atomic E-state index is 12.3. The summed E-state index contributed by atoms with van der Waals surface area (Å²) < 4.78 is 1.55. The third-order valence-electron chi connectivity index (χ3n) is 4.28. The van der Waals surface area contributed by atoms with Crippen molar-refractivity contribution in [3.63, 3.8) is 0 Å². The molecule has 2 aromatic carbocycles. The monoisotopic (exact) mass is 412 g/mol. The maximum Gasteiger partial charge on any atom is 0.314 e. The zero-order valence-electron chi connectivity index (χ0n) is 16.0. The summed E-state index contributed by atoms with van der Waals surface area (Å²) in [4.78, 5) is 24.5. The number of carbonyl (C=O) groups excluding carboxylic acids is 2. The van der Waals surface area contributed by atoms with Gasteiger partial charge in [0.15, 0.2) is 0 Å². The van der Waals surface area contributed by atoms with Gasteiger partial charge in [-0.05, 0) is 32.0 Å². The number of hydrogen-bond acceptors (Lipinski definition) is 4. The van der Waals surface area contributed by atoms with Crippen molar-refractivity contribution in [3.8, 4) is 5.69 Å². The first-order valence-electron chi connectivity index (χ1n) is 9.00. The maximum absolute atomic E-state index is 12.3. The molecule has 0 saturated heterocycles. The number of aromatic nitrogens is 2. The van der Waals surface area contributed by atoms with E-state index >= 15 is 0 Å². The Morgan fingerprint density at radius 2 is 1.79 bits per heavy atom. The van der Waals surface area contributed by atoms with Crippen LogP contribution in [0, 0.1) is 13.8 Å². The number of anilines is 1. The highest BCUT2D eigenvalue weighted by Crippen LogP contribution is 2.22. The van der Waals surface area contributed by atoms with E-state index in [1.54, 1.807) is 41.9 Å². The summed E-state index contributed by atoms with van der Waals surface area (Å²) in [6.45, 7) is 3.62. The fourth-order valence-corrected chi connectivity index (χ4v) is 3.03. The van der Waals surface area contributed by atoms with E-state index in [0.717, 1.165) is 11.3 Å². The van der Waals surface area contributed by atoms with Crippen LogP contribution in [-0.2, 0) is 9.59 Å². The number of amides is 2. The number of aryl methyl sites for hydroxylation is 2. The van der Waals surface area contributed by atoms with Crippen molar-refractivity contribution < 1.29 is 14.7 Å². The molecule has 0 radical (unpaired) electrons. The molecule has 0 aliphatic rings. The van der Waals surface area contributed by atoms with Crippen LogP contribution in [0.15, 0.2) is 54.6 Å². The van der Waals surface area contributed by atoms with E-state index in [2.05, 4.69) is 15.7 Å². The van der Waals surface area contributed by atoms with Crippen LogP contribution in [0.3, 0.4) is 0 Å². The summed E-state index contributed by atoms with van der Waals surface area (Å²) in [5.41, 5.74) is 3.02. The minimum atomic E-state index is -1.03. The first-order chi connectivity index (χ1) is 13.8. The quantitative estimate of drug-likeness (QED) is 0.561. The third kappa shape index (κ3) is 5.01. The van der Waals surface area contributed by atoms with Crippen LogP contribution >= 0.6 is 11.6 Å². The van der Waals surface area contributed by atoms with Crippen LogP contribution in [0.4, 0.5) is 5.82 Å². The molecule has 0 aliphatic heterocycles. The lowest BCUT2D eigenvalue weighted by molar-refractivity contribution is -0.136. The molecular weight excluding hydrogens is 392 g/mol. The molecule has 0 bridgehead atoms. The lowest BCUT2D eigenvalue weighted by Crippen LogP contribution is -2.38. The van der Waals surface area contributed by atoms with Gasteiger partial charge in [-0.1, -0.05) is 47.5 Å². The van der Waals surface area contributed by atoms with Crippen LogP contribution in [0.5, 0.6) is 0 Å². The number of halogens is 1. The van der Waals surface area contributed by atoms with Gasteiger partial charge in [-0.3, -0.25) is 9.59 Å². The Morgan fingerprint density at radius 3 is 2.48 bits per heavy atom. The molecule has 1 heterocycles. The Morgan fingerprint density at radius 1 is 1.10 bits per heavy atom. The van der Waals surface area contributed by atoms with Gasteiger partial charge in [0.25, 0.3) is 0 Å². The van der Waals surface area contributed by atoms with Crippen molar-refractivity contribution in [1.82, 2.24) is 15.1 Å². The highest BCUT2D eigenvalue weighted by molar-refractivity contribution is 6.39. The normalized spacial score (nSPS) is 11.7. The molecule has 0 aliphatic carbocycles. The fourth-order valence-electron chi connectivity index (χ4n) is 2.77. The van der Waals surface area contributed by atoms with Crippen molar-refractivity contribution in [3.05, 3.63) is 76.4 Å². The SMILES string of the molecule is Cc1ccc(-n2nc(C)cc2NC(=O)C(=O)NC[C@H](O)c2ccccc2Cl)cc1. The number of hydrogen-bond donors (Lipinski definition) is 3. The van der Waals surface area contributed by atoms with E-state index in [9.17, 15) is 14.7 Å². The van der Waals surface area contributed by atoms with E-state index in [1.807, 2.05) is 31.2 Å². The Bertz CT molecular complexity index is 1030. The molecule has 2 amide bonds. The molecular formula is C21H21ClN4O3. The Labute approximate surface area is 173 Å². The number of rotatable bonds is 5. The van der Waals surface area contributed by atoms with Gasteiger partial charge >= 0.3 is 11.8 Å². The second-order valence-electron chi connectivity index (χ2n) is 6.62. The van der Waals surface area contributed by atoms with Crippen LogP contribution in [0.2, 0.25) is 5.02 Å². The van der Waals surface area contributed by atoms with Gasteiger partial charge in [0, 0.05) is 23.2 Å². The second kappa shape index (κ2) is 8.89. The number of benzene rings is 2. The largest absolute Gasteiger partial charge is 0.387 e. The lowest BCUT2D eigenvalue weighted by atomic mass is 10.1. The number of carbonyl (C=O) groups is 2. The van der Waals surface area contributed by atoms with Crippen molar-refractivity contribution in [2.75, 3.05) is 11.9 Å². The highest BCUT2D eigenvalue weighted by Gasteiger charge is 2.19. The molecule has 1 atom stereocenters. The third-order valence-corrected chi connectivity index (χ3v) is 4.62. The molecule has 3 N–H and O–H groups in total. The predicted octanol–water partition coefficient (Wildman–Crippen LogP) is 2.93. The van der Waals surface area contributed by atoms with Gasteiger partial charge in [0.1, 0.15) is 5.82 Å². The van der Waals surface area contributed by atoms with E-state index in [-0.39, 0.29) is 6.54 Å². The lowest BCUT2D eigenvalue weighted by Gasteiger charge is -2.14. The number of nitrogens with one attached hydrogen (secondary N) is 2. The zero-order chi connectivity index (χ0) is 21.0. The molecule has 0 unspecified atom stereocenters. The predicted molar refractivity (Wildman–Crippen MR) is 111 cm³/mol. The van der Waals surface area contributed by atoms with Gasteiger partial charge < -0.3 is 15.7 Å². The van der Waals surface area contributed by atoms with E-state index in [4.69, 9.17) is 11.6 Å². The summed E-state index contributed by atoms with van der Waals surface area (Å²) in [6.07, 6.45) is -1.03. The molecule has 3 rings (SSSR count). The summed E-state index contributed by atoms with van der Waals surface area (Å²) in [7, 11) is 0. The Kier molecular flexibility index (Phi) is 6.31. The van der Waals surface area contributed by atoms with E-state index in [1.165, 1.54) is 0 Å². The molecule has 0 spiro atoms. The second-order valence-corrected chi connectivity index (χ2v) is 7.03.